The molecule has 2 aromatic heterocycles. The number of rotatable bonds is 8. The van der Waals surface area contributed by atoms with Crippen LogP contribution < -0.4 is 10.7 Å². The minimum absolute atomic E-state index is 0.0943. The molecule has 1 atom stereocenters. The van der Waals surface area contributed by atoms with Crippen molar-refractivity contribution in [2.45, 2.75) is 26.2 Å². The Balaban J connectivity index is 1.50. The Kier molecular flexibility index (Phi) is 7.48. The van der Waals surface area contributed by atoms with Gasteiger partial charge in [0, 0.05) is 29.7 Å². The number of pyridine rings is 1. The maximum Gasteiger partial charge on any atom is 0.257 e. The number of carbonyl (C=O) groups is 1. The van der Waals surface area contributed by atoms with Crippen molar-refractivity contribution in [2.24, 2.45) is 7.05 Å². The molecule has 0 unspecified atom stereocenters. The van der Waals surface area contributed by atoms with Gasteiger partial charge >= 0.3 is 0 Å². The number of aryl methyl sites for hydroxylation is 2. The van der Waals surface area contributed by atoms with Gasteiger partial charge in [0.2, 0.25) is 5.43 Å². The van der Waals surface area contributed by atoms with Crippen molar-refractivity contribution >= 4 is 39.1 Å². The van der Waals surface area contributed by atoms with Crippen LogP contribution in [0.25, 0.3) is 10.2 Å². The van der Waals surface area contributed by atoms with E-state index in [1.165, 1.54) is 11.3 Å². The highest BCUT2D eigenvalue weighted by Crippen LogP contribution is 2.29. The van der Waals surface area contributed by atoms with Gasteiger partial charge in [-0.1, -0.05) is 54.1 Å². The number of halogens is 1. The van der Waals surface area contributed by atoms with Crippen molar-refractivity contribution in [3.05, 3.63) is 103 Å². The summed E-state index contributed by atoms with van der Waals surface area (Å²) in [7, 11) is 1.82. The minimum atomic E-state index is -0.724. The van der Waals surface area contributed by atoms with E-state index in [1.54, 1.807) is 22.9 Å². The second-order valence-electron chi connectivity index (χ2n) is 8.06. The molecule has 4 aromatic rings. The molecule has 0 aliphatic carbocycles. The number of hydrogen-bond donors (Lipinski definition) is 2. The fraction of sp³-hybridized carbons (Fsp3) is 0.231. The molecule has 0 saturated heterocycles. The molecule has 2 N–H and O–H groups in total. The van der Waals surface area contributed by atoms with Crippen LogP contribution in [0.15, 0.2) is 65.6 Å². The van der Waals surface area contributed by atoms with Gasteiger partial charge in [0.25, 0.3) is 5.91 Å². The highest BCUT2D eigenvalue weighted by Gasteiger charge is 2.20. The van der Waals surface area contributed by atoms with Gasteiger partial charge in [-0.3, -0.25) is 9.59 Å². The number of nitrogens with one attached hydrogen (secondary N) is 1. The van der Waals surface area contributed by atoms with Crippen molar-refractivity contribution in [1.82, 2.24) is 9.88 Å². The van der Waals surface area contributed by atoms with E-state index < -0.39 is 12.0 Å². The number of fused-ring (bicyclic) bond motifs is 1. The van der Waals surface area contributed by atoms with Crippen LogP contribution in [0.5, 0.6) is 0 Å². The lowest BCUT2D eigenvalue weighted by molar-refractivity contribution is 0.0286. The summed E-state index contributed by atoms with van der Waals surface area (Å²) in [5, 5.41) is 14.3. The molecule has 0 bridgehead atoms. The van der Waals surface area contributed by atoms with Gasteiger partial charge in [-0.05, 0) is 35.7 Å². The minimum Gasteiger partial charge on any atom is -0.386 e. The predicted octanol–water partition coefficient (Wildman–Crippen LogP) is 4.74. The summed E-state index contributed by atoms with van der Waals surface area (Å²) in [6.07, 6.45) is 0.847. The van der Waals surface area contributed by atoms with Gasteiger partial charge in [0.05, 0.1) is 18.6 Å². The zero-order valence-corrected chi connectivity index (χ0v) is 20.4. The van der Waals surface area contributed by atoms with E-state index in [4.69, 9.17) is 16.3 Å². The zero-order valence-electron chi connectivity index (χ0n) is 18.9. The van der Waals surface area contributed by atoms with Gasteiger partial charge in [0.15, 0.2) is 0 Å². The van der Waals surface area contributed by atoms with Crippen LogP contribution in [-0.2, 0) is 24.9 Å². The number of aliphatic hydroxyl groups excluding tert-OH is 1. The van der Waals surface area contributed by atoms with E-state index >= 15 is 0 Å². The molecule has 0 spiro atoms. The molecule has 0 aliphatic heterocycles. The molecular formula is C26H25ClN2O4S. The summed E-state index contributed by atoms with van der Waals surface area (Å²) in [5.41, 5.74) is 2.27. The maximum absolute atomic E-state index is 13.2. The third kappa shape index (κ3) is 5.23. The number of amides is 1. The van der Waals surface area contributed by atoms with Crippen LogP contribution in [0.4, 0.5) is 0 Å². The van der Waals surface area contributed by atoms with E-state index in [2.05, 4.69) is 5.32 Å². The van der Waals surface area contributed by atoms with Gasteiger partial charge < -0.3 is 19.7 Å². The fourth-order valence-electron chi connectivity index (χ4n) is 3.72. The third-order valence-corrected chi connectivity index (χ3v) is 7.25. The topological polar surface area (TPSA) is 80.6 Å². The number of carbonyl (C=O) groups excluding carboxylic acids is 1. The van der Waals surface area contributed by atoms with Gasteiger partial charge in [-0.15, -0.1) is 11.3 Å². The Bertz CT molecular complexity index is 1360. The lowest BCUT2D eigenvalue weighted by atomic mass is 10.1. The lowest BCUT2D eigenvalue weighted by Gasteiger charge is -2.11. The SMILES string of the molecule is Cc1c(COC[C@H](O)c2ccccc2)sc2c1c(=O)c(C(=O)NCc1ccc(Cl)cc1)cn2C. The Hall–Kier alpha value is -2.97. The Labute approximate surface area is 206 Å². The van der Waals surface area contributed by atoms with Gasteiger partial charge in [-0.2, -0.15) is 0 Å². The molecule has 2 heterocycles. The van der Waals surface area contributed by atoms with Crippen LogP contribution in [0.1, 0.15) is 38.0 Å². The number of ether oxygens (including phenoxy) is 1. The second-order valence-corrected chi connectivity index (χ2v) is 9.58. The summed E-state index contributed by atoms with van der Waals surface area (Å²) >= 11 is 7.36. The van der Waals surface area contributed by atoms with Crippen LogP contribution >= 0.6 is 22.9 Å². The number of nitrogens with zero attached hydrogens (tertiary/aromatic N) is 1. The van der Waals surface area contributed by atoms with E-state index in [9.17, 15) is 14.7 Å². The Morgan fingerprint density at radius 1 is 1.18 bits per heavy atom. The average Bonchev–Trinajstić information content (AvgIpc) is 3.18. The summed E-state index contributed by atoms with van der Waals surface area (Å²) in [6.45, 7) is 2.57. The second kappa shape index (κ2) is 10.5. The largest absolute Gasteiger partial charge is 0.386 e. The first kappa shape index (κ1) is 24.2. The maximum atomic E-state index is 13.2. The van der Waals surface area contributed by atoms with E-state index in [0.29, 0.717) is 17.0 Å². The molecule has 176 valence electrons. The molecule has 0 saturated carbocycles. The highest BCUT2D eigenvalue weighted by atomic mass is 35.5. The van der Waals surface area contributed by atoms with Crippen molar-refractivity contribution in [3.8, 4) is 0 Å². The predicted molar refractivity (Wildman–Crippen MR) is 135 cm³/mol. The summed E-state index contributed by atoms with van der Waals surface area (Å²) in [4.78, 5) is 27.7. The van der Waals surface area contributed by atoms with Crippen LogP contribution in [0.2, 0.25) is 5.02 Å². The number of hydrogen-bond acceptors (Lipinski definition) is 5. The number of aliphatic hydroxyl groups is 1. The Morgan fingerprint density at radius 3 is 2.59 bits per heavy atom. The number of aromatic nitrogens is 1. The number of benzene rings is 2. The summed E-state index contributed by atoms with van der Waals surface area (Å²) < 4.78 is 7.56. The third-order valence-electron chi connectivity index (χ3n) is 5.65. The smallest absolute Gasteiger partial charge is 0.257 e. The first-order chi connectivity index (χ1) is 16.3. The van der Waals surface area contributed by atoms with Crippen LogP contribution in [0, 0.1) is 6.92 Å². The number of thiophene rings is 1. The summed E-state index contributed by atoms with van der Waals surface area (Å²) in [6, 6.07) is 16.5. The van der Waals surface area contributed by atoms with Crippen molar-refractivity contribution in [2.75, 3.05) is 6.61 Å². The van der Waals surface area contributed by atoms with E-state index in [0.717, 1.165) is 26.4 Å². The lowest BCUT2D eigenvalue weighted by Crippen LogP contribution is -2.29. The quantitative estimate of drug-likeness (QED) is 0.369. The van der Waals surface area contributed by atoms with E-state index in [1.807, 2.05) is 56.4 Å². The Morgan fingerprint density at radius 2 is 1.88 bits per heavy atom. The van der Waals surface area contributed by atoms with Crippen LogP contribution in [0.3, 0.4) is 0 Å². The normalized spacial score (nSPS) is 12.1. The first-order valence-electron chi connectivity index (χ1n) is 10.8. The van der Waals surface area contributed by atoms with Gasteiger partial charge in [0.1, 0.15) is 16.5 Å². The molecule has 6 nitrogen and oxygen atoms in total. The molecule has 0 radical (unpaired) electrons. The molecule has 8 heteroatoms. The van der Waals surface area contributed by atoms with Crippen molar-refractivity contribution in [1.29, 1.82) is 0 Å². The molecule has 0 aliphatic rings. The van der Waals surface area contributed by atoms with Crippen molar-refractivity contribution < 1.29 is 14.6 Å². The molecule has 34 heavy (non-hydrogen) atoms. The van der Waals surface area contributed by atoms with Crippen molar-refractivity contribution in [3.63, 3.8) is 0 Å². The molecule has 4 rings (SSSR count). The van der Waals surface area contributed by atoms with Crippen LogP contribution in [-0.4, -0.2) is 22.2 Å². The fourth-order valence-corrected chi connectivity index (χ4v) is 5.02. The monoisotopic (exact) mass is 496 g/mol. The van der Waals surface area contributed by atoms with E-state index in [-0.39, 0.29) is 24.2 Å². The standard InChI is InChI=1S/C26H25ClN2O4S/c1-16-22(15-33-14-21(30)18-6-4-3-5-7-18)34-26-23(16)24(31)20(13-29(26)2)25(32)28-12-17-8-10-19(27)11-9-17/h3-11,13,21,30H,12,14-15H2,1-2H3,(H,28,32)/t21-/m0/s1. The molecular weight excluding hydrogens is 472 g/mol. The van der Waals surface area contributed by atoms with Gasteiger partial charge in [-0.25, -0.2) is 0 Å². The highest BCUT2D eigenvalue weighted by molar-refractivity contribution is 7.18. The molecule has 0 fully saturated rings. The zero-order chi connectivity index (χ0) is 24.2. The average molecular weight is 497 g/mol. The first-order valence-corrected chi connectivity index (χ1v) is 12.0. The summed E-state index contributed by atoms with van der Waals surface area (Å²) in [5.74, 6) is -0.424. The molecule has 1 amide bonds. The molecule has 2 aromatic carbocycles.